The molecule has 0 aliphatic heterocycles. The van der Waals surface area contributed by atoms with E-state index in [-0.39, 0.29) is 0 Å². The molecule has 0 bridgehead atoms. The van der Waals surface area contributed by atoms with Crippen molar-refractivity contribution >= 4 is 21.0 Å². The lowest BCUT2D eigenvalue weighted by atomic mass is 10.6. The SMILES string of the molecule is CSCC(C)P. The summed E-state index contributed by atoms with van der Waals surface area (Å²) in [6.07, 6.45) is 2.13. The summed E-state index contributed by atoms with van der Waals surface area (Å²) in [6, 6.07) is 0. The van der Waals surface area contributed by atoms with Gasteiger partial charge in [0.15, 0.2) is 0 Å². The van der Waals surface area contributed by atoms with E-state index in [2.05, 4.69) is 22.4 Å². The van der Waals surface area contributed by atoms with Crippen LogP contribution < -0.4 is 0 Å². The number of rotatable bonds is 2. The molecule has 0 saturated carbocycles. The van der Waals surface area contributed by atoms with E-state index in [1.165, 1.54) is 5.75 Å². The van der Waals surface area contributed by atoms with Crippen LogP contribution in [-0.4, -0.2) is 17.7 Å². The number of hydrogen-bond donors (Lipinski definition) is 0. The van der Waals surface area contributed by atoms with Crippen LogP contribution in [0, 0.1) is 0 Å². The van der Waals surface area contributed by atoms with Crippen molar-refractivity contribution in [1.29, 1.82) is 0 Å². The van der Waals surface area contributed by atoms with E-state index in [4.69, 9.17) is 0 Å². The molecular formula is C4H11PS. The molecule has 0 radical (unpaired) electrons. The Labute approximate surface area is 46.3 Å². The third kappa shape index (κ3) is 4.78. The zero-order valence-electron chi connectivity index (χ0n) is 4.27. The van der Waals surface area contributed by atoms with Gasteiger partial charge in [-0.3, -0.25) is 0 Å². The van der Waals surface area contributed by atoms with Gasteiger partial charge in [-0.05, 0) is 17.7 Å². The predicted molar refractivity (Wildman–Crippen MR) is 37.6 cm³/mol. The molecule has 0 nitrogen and oxygen atoms in total. The number of hydrogen-bond acceptors (Lipinski definition) is 1. The standard InChI is InChI=1S/C4H11PS/c1-4(5)3-6-2/h4H,3,5H2,1-2H3. The van der Waals surface area contributed by atoms with Gasteiger partial charge in [-0.15, -0.1) is 9.24 Å². The van der Waals surface area contributed by atoms with E-state index in [1.807, 2.05) is 11.8 Å². The first kappa shape index (κ1) is 6.78. The van der Waals surface area contributed by atoms with Crippen molar-refractivity contribution in [2.75, 3.05) is 12.0 Å². The van der Waals surface area contributed by atoms with Crippen LogP contribution in [0.3, 0.4) is 0 Å². The second-order valence-corrected chi connectivity index (χ2v) is 3.48. The van der Waals surface area contributed by atoms with E-state index < -0.39 is 0 Å². The van der Waals surface area contributed by atoms with Crippen LogP contribution in [0.2, 0.25) is 0 Å². The Morgan fingerprint density at radius 3 is 2.33 bits per heavy atom. The van der Waals surface area contributed by atoms with E-state index in [0.29, 0.717) is 0 Å². The first-order valence-corrected chi connectivity index (χ1v) is 4.08. The smallest absolute Gasteiger partial charge is 0.000989 e. The fourth-order valence-electron chi connectivity index (χ4n) is 0.263. The molecular weight excluding hydrogens is 111 g/mol. The van der Waals surface area contributed by atoms with Gasteiger partial charge in [-0.2, -0.15) is 11.8 Å². The van der Waals surface area contributed by atoms with E-state index in [9.17, 15) is 0 Å². The lowest BCUT2D eigenvalue weighted by molar-refractivity contribution is 1.14. The molecule has 0 N–H and O–H groups in total. The first-order valence-electron chi connectivity index (χ1n) is 2.02. The molecule has 2 atom stereocenters. The average molecular weight is 122 g/mol. The van der Waals surface area contributed by atoms with Crippen LogP contribution in [0.1, 0.15) is 6.92 Å². The molecule has 0 aromatic rings. The van der Waals surface area contributed by atoms with Crippen molar-refractivity contribution in [3.63, 3.8) is 0 Å². The molecule has 6 heavy (non-hydrogen) atoms. The summed E-state index contributed by atoms with van der Waals surface area (Å²) < 4.78 is 0. The van der Waals surface area contributed by atoms with E-state index >= 15 is 0 Å². The molecule has 0 rings (SSSR count). The maximum Gasteiger partial charge on any atom is -0.000989 e. The second kappa shape index (κ2) is 3.95. The largest absolute Gasteiger partial charge is 0.165 e. The summed E-state index contributed by atoms with van der Waals surface area (Å²) in [6.45, 7) is 2.20. The fraction of sp³-hybridized carbons (Fsp3) is 1.00. The molecule has 0 aromatic heterocycles. The van der Waals surface area contributed by atoms with Gasteiger partial charge in [-0.1, -0.05) is 6.92 Å². The van der Waals surface area contributed by atoms with Crippen LogP contribution in [0.25, 0.3) is 0 Å². The minimum atomic E-state index is 0.778. The summed E-state index contributed by atoms with van der Waals surface area (Å²) >= 11 is 1.89. The van der Waals surface area contributed by atoms with Crippen LogP contribution in [0.4, 0.5) is 0 Å². The van der Waals surface area contributed by atoms with Crippen molar-refractivity contribution in [3.05, 3.63) is 0 Å². The molecule has 2 heteroatoms. The van der Waals surface area contributed by atoms with Crippen LogP contribution in [-0.2, 0) is 0 Å². The third-order valence-corrected chi connectivity index (χ3v) is 1.87. The summed E-state index contributed by atoms with van der Waals surface area (Å²) in [5.41, 5.74) is 0.778. The van der Waals surface area contributed by atoms with Crippen LogP contribution in [0.15, 0.2) is 0 Å². The van der Waals surface area contributed by atoms with E-state index in [1.54, 1.807) is 0 Å². The molecule has 2 unspecified atom stereocenters. The van der Waals surface area contributed by atoms with Gasteiger partial charge in [0.2, 0.25) is 0 Å². The Morgan fingerprint density at radius 1 is 1.83 bits per heavy atom. The second-order valence-electron chi connectivity index (χ2n) is 1.43. The summed E-state index contributed by atoms with van der Waals surface area (Å²) in [4.78, 5) is 0. The van der Waals surface area contributed by atoms with Gasteiger partial charge in [0.25, 0.3) is 0 Å². The molecule has 0 fully saturated rings. The quantitative estimate of drug-likeness (QED) is 0.501. The Bertz CT molecular complexity index is 28.7. The molecule has 0 amide bonds. The molecule has 0 heterocycles. The number of thioether (sulfide) groups is 1. The molecule has 0 aromatic carbocycles. The summed E-state index contributed by atoms with van der Waals surface area (Å²) in [7, 11) is 2.76. The lowest BCUT2D eigenvalue weighted by Gasteiger charge is -1.95. The Kier molecular flexibility index (Phi) is 4.47. The van der Waals surface area contributed by atoms with Gasteiger partial charge < -0.3 is 0 Å². The lowest BCUT2D eigenvalue weighted by Crippen LogP contribution is -1.90. The normalized spacial score (nSPS) is 14.5. The first-order chi connectivity index (χ1) is 2.77. The van der Waals surface area contributed by atoms with Crippen LogP contribution >= 0.6 is 21.0 Å². The van der Waals surface area contributed by atoms with E-state index in [0.717, 1.165) is 5.66 Å². The maximum atomic E-state index is 2.76. The molecule has 0 spiro atoms. The van der Waals surface area contributed by atoms with Gasteiger partial charge in [0, 0.05) is 0 Å². The monoisotopic (exact) mass is 122 g/mol. The third-order valence-electron chi connectivity index (χ3n) is 0.430. The molecule has 38 valence electrons. The zero-order valence-corrected chi connectivity index (χ0v) is 6.24. The molecule has 0 saturated heterocycles. The van der Waals surface area contributed by atoms with Crippen molar-refractivity contribution in [3.8, 4) is 0 Å². The van der Waals surface area contributed by atoms with Gasteiger partial charge >= 0.3 is 0 Å². The Balaban J connectivity index is 2.63. The van der Waals surface area contributed by atoms with Gasteiger partial charge in [0.05, 0.1) is 0 Å². The Morgan fingerprint density at radius 2 is 2.33 bits per heavy atom. The topological polar surface area (TPSA) is 0 Å². The minimum Gasteiger partial charge on any atom is -0.165 e. The molecule has 0 aliphatic rings. The van der Waals surface area contributed by atoms with Gasteiger partial charge in [-0.25, -0.2) is 0 Å². The highest BCUT2D eigenvalue weighted by Crippen LogP contribution is 2.04. The zero-order chi connectivity index (χ0) is 4.99. The minimum absolute atomic E-state index is 0.778. The average Bonchev–Trinajstić information content (AvgIpc) is 1.35. The summed E-state index contributed by atoms with van der Waals surface area (Å²) in [5, 5.41) is 0. The Hall–Kier alpha value is 0.780. The highest BCUT2D eigenvalue weighted by atomic mass is 32.2. The highest BCUT2D eigenvalue weighted by molar-refractivity contribution is 7.98. The van der Waals surface area contributed by atoms with Crippen LogP contribution in [0.5, 0.6) is 0 Å². The summed E-state index contributed by atoms with van der Waals surface area (Å²) in [5.74, 6) is 1.25. The predicted octanol–water partition coefficient (Wildman–Crippen LogP) is 1.61. The van der Waals surface area contributed by atoms with Crippen molar-refractivity contribution in [2.24, 2.45) is 0 Å². The highest BCUT2D eigenvalue weighted by Gasteiger charge is 1.86. The maximum absolute atomic E-state index is 2.76. The van der Waals surface area contributed by atoms with Crippen molar-refractivity contribution < 1.29 is 0 Å². The van der Waals surface area contributed by atoms with Crippen molar-refractivity contribution in [1.82, 2.24) is 0 Å². The van der Waals surface area contributed by atoms with Crippen molar-refractivity contribution in [2.45, 2.75) is 12.6 Å². The fourth-order valence-corrected chi connectivity index (χ4v) is 1.37. The van der Waals surface area contributed by atoms with Gasteiger partial charge in [0.1, 0.15) is 0 Å². The molecule has 0 aliphatic carbocycles.